The van der Waals surface area contributed by atoms with Crippen LogP contribution >= 0.6 is 0 Å². The second-order valence-electron chi connectivity index (χ2n) is 6.32. The zero-order chi connectivity index (χ0) is 14.2. The summed E-state index contributed by atoms with van der Waals surface area (Å²) in [4.78, 5) is 0. The molecule has 3 fully saturated rings. The molecule has 0 radical (unpaired) electrons. The summed E-state index contributed by atoms with van der Waals surface area (Å²) in [6.07, 6.45) is 5.67. The van der Waals surface area contributed by atoms with Gasteiger partial charge in [-0.1, -0.05) is 6.92 Å². The van der Waals surface area contributed by atoms with Crippen LogP contribution in [0.15, 0.2) is 0 Å². The molecule has 3 heterocycles. The van der Waals surface area contributed by atoms with Gasteiger partial charge in [0.25, 0.3) is 0 Å². The standard InChI is InChI=1S/C14H26N2O3S/c1-2-16(13-9-11-3-4-12(10-13)15-11)20(17,18)14-5-7-19-8-6-14/h11-15H,2-10H2,1H3. The Balaban J connectivity index is 1.74. The van der Waals surface area contributed by atoms with E-state index in [0.717, 1.165) is 12.8 Å². The Kier molecular flexibility index (Phi) is 4.36. The maximum Gasteiger partial charge on any atom is 0.217 e. The van der Waals surface area contributed by atoms with Gasteiger partial charge in [0.2, 0.25) is 10.0 Å². The number of rotatable bonds is 4. The number of ether oxygens (including phenoxy) is 1. The molecule has 5 nitrogen and oxygen atoms in total. The Morgan fingerprint density at radius 3 is 2.25 bits per heavy atom. The fourth-order valence-corrected chi connectivity index (χ4v) is 6.19. The van der Waals surface area contributed by atoms with E-state index in [4.69, 9.17) is 4.74 Å². The summed E-state index contributed by atoms with van der Waals surface area (Å²) in [7, 11) is -3.17. The van der Waals surface area contributed by atoms with Crippen molar-refractivity contribution in [2.24, 2.45) is 0 Å². The molecule has 20 heavy (non-hydrogen) atoms. The highest BCUT2D eigenvalue weighted by atomic mass is 32.2. The molecule has 0 aromatic heterocycles. The maximum absolute atomic E-state index is 12.9. The first-order chi connectivity index (χ1) is 9.61. The SMILES string of the molecule is CCN(C1CC2CCC(C1)N2)S(=O)(=O)C1CCOCC1. The summed E-state index contributed by atoms with van der Waals surface area (Å²) >= 11 is 0. The number of nitrogens with zero attached hydrogens (tertiary/aromatic N) is 1. The summed E-state index contributed by atoms with van der Waals surface area (Å²) in [5, 5.41) is 3.36. The van der Waals surface area contributed by atoms with Crippen LogP contribution in [-0.2, 0) is 14.8 Å². The predicted molar refractivity (Wildman–Crippen MR) is 78.1 cm³/mol. The minimum absolute atomic E-state index is 0.201. The lowest BCUT2D eigenvalue weighted by Gasteiger charge is -2.38. The van der Waals surface area contributed by atoms with Crippen LogP contribution in [0.4, 0.5) is 0 Å². The van der Waals surface area contributed by atoms with Crippen LogP contribution < -0.4 is 5.32 Å². The van der Waals surface area contributed by atoms with E-state index in [-0.39, 0.29) is 11.3 Å². The van der Waals surface area contributed by atoms with Gasteiger partial charge in [-0.25, -0.2) is 8.42 Å². The fraction of sp³-hybridized carbons (Fsp3) is 1.00. The highest BCUT2D eigenvalue weighted by Crippen LogP contribution is 2.32. The summed E-state index contributed by atoms with van der Waals surface area (Å²) < 4.78 is 32.9. The van der Waals surface area contributed by atoms with Gasteiger partial charge in [0, 0.05) is 37.9 Å². The molecule has 2 atom stereocenters. The summed E-state index contributed by atoms with van der Waals surface area (Å²) in [5.41, 5.74) is 0. The van der Waals surface area contributed by atoms with Gasteiger partial charge in [0.15, 0.2) is 0 Å². The molecule has 2 unspecified atom stereocenters. The molecule has 6 heteroatoms. The number of hydrogen-bond donors (Lipinski definition) is 1. The molecule has 0 spiro atoms. The predicted octanol–water partition coefficient (Wildman–Crippen LogP) is 1.10. The number of nitrogens with one attached hydrogen (secondary N) is 1. The van der Waals surface area contributed by atoms with Gasteiger partial charge >= 0.3 is 0 Å². The van der Waals surface area contributed by atoms with Crippen LogP contribution in [0.2, 0.25) is 0 Å². The minimum Gasteiger partial charge on any atom is -0.381 e. The highest BCUT2D eigenvalue weighted by Gasteiger charge is 2.42. The average molecular weight is 302 g/mol. The molecular weight excluding hydrogens is 276 g/mol. The Morgan fingerprint density at radius 1 is 1.10 bits per heavy atom. The topological polar surface area (TPSA) is 58.6 Å². The van der Waals surface area contributed by atoms with Crippen molar-refractivity contribution in [2.75, 3.05) is 19.8 Å². The summed E-state index contributed by atoms with van der Waals surface area (Å²) in [6, 6.07) is 1.25. The molecule has 0 saturated carbocycles. The molecule has 3 aliphatic heterocycles. The van der Waals surface area contributed by atoms with Crippen LogP contribution in [0.1, 0.15) is 45.4 Å². The van der Waals surface area contributed by atoms with Gasteiger partial charge in [-0.2, -0.15) is 4.31 Å². The summed E-state index contributed by atoms with van der Waals surface area (Å²) in [6.45, 7) is 3.74. The van der Waals surface area contributed by atoms with E-state index in [0.29, 0.717) is 44.7 Å². The van der Waals surface area contributed by atoms with Crippen LogP contribution in [0, 0.1) is 0 Å². The summed E-state index contributed by atoms with van der Waals surface area (Å²) in [5.74, 6) is 0. The Bertz CT molecular complexity index is 422. The number of fused-ring (bicyclic) bond motifs is 2. The Morgan fingerprint density at radius 2 is 1.70 bits per heavy atom. The number of hydrogen-bond acceptors (Lipinski definition) is 4. The van der Waals surface area contributed by atoms with Crippen molar-refractivity contribution in [1.82, 2.24) is 9.62 Å². The molecule has 3 rings (SSSR count). The Hall–Kier alpha value is -0.170. The van der Waals surface area contributed by atoms with Crippen molar-refractivity contribution >= 4 is 10.0 Å². The second-order valence-corrected chi connectivity index (χ2v) is 8.49. The largest absolute Gasteiger partial charge is 0.381 e. The van der Waals surface area contributed by atoms with Gasteiger partial charge in [-0.05, 0) is 38.5 Å². The van der Waals surface area contributed by atoms with E-state index in [9.17, 15) is 8.42 Å². The molecule has 3 aliphatic rings. The lowest BCUT2D eigenvalue weighted by atomic mass is 10.00. The molecule has 0 aliphatic carbocycles. The lowest BCUT2D eigenvalue weighted by molar-refractivity contribution is 0.0963. The third-order valence-corrected chi connectivity index (χ3v) is 7.61. The van der Waals surface area contributed by atoms with Crippen molar-refractivity contribution in [1.29, 1.82) is 0 Å². The van der Waals surface area contributed by atoms with Gasteiger partial charge < -0.3 is 10.1 Å². The van der Waals surface area contributed by atoms with Crippen LogP contribution in [0.5, 0.6) is 0 Å². The first-order valence-corrected chi connectivity index (χ1v) is 9.46. The second kappa shape index (κ2) is 5.91. The van der Waals surface area contributed by atoms with Gasteiger partial charge in [-0.3, -0.25) is 0 Å². The zero-order valence-corrected chi connectivity index (χ0v) is 13.1. The van der Waals surface area contributed by atoms with Gasteiger partial charge in [0.05, 0.1) is 5.25 Å². The van der Waals surface area contributed by atoms with Crippen molar-refractivity contribution in [3.8, 4) is 0 Å². The lowest BCUT2D eigenvalue weighted by Crippen LogP contribution is -2.52. The van der Waals surface area contributed by atoms with E-state index < -0.39 is 10.0 Å². The first kappa shape index (κ1) is 14.8. The number of sulfonamides is 1. The Labute approximate surface area is 122 Å². The zero-order valence-electron chi connectivity index (χ0n) is 12.3. The number of piperidine rings is 1. The molecule has 0 aromatic rings. The molecule has 0 aromatic carbocycles. The smallest absolute Gasteiger partial charge is 0.217 e. The molecule has 0 amide bonds. The van der Waals surface area contributed by atoms with Gasteiger partial charge in [0.1, 0.15) is 0 Å². The molecule has 116 valence electrons. The minimum atomic E-state index is -3.17. The van der Waals surface area contributed by atoms with E-state index in [2.05, 4.69) is 5.32 Å². The van der Waals surface area contributed by atoms with Crippen LogP contribution in [0.3, 0.4) is 0 Å². The van der Waals surface area contributed by atoms with Crippen molar-refractivity contribution in [3.63, 3.8) is 0 Å². The molecular formula is C14H26N2O3S. The van der Waals surface area contributed by atoms with Crippen molar-refractivity contribution < 1.29 is 13.2 Å². The van der Waals surface area contributed by atoms with Crippen LogP contribution in [-0.4, -0.2) is 55.9 Å². The third-order valence-electron chi connectivity index (χ3n) is 5.08. The fourth-order valence-electron chi connectivity index (χ4n) is 4.07. The molecule has 1 N–H and O–H groups in total. The first-order valence-electron chi connectivity index (χ1n) is 7.95. The van der Waals surface area contributed by atoms with E-state index in [1.54, 1.807) is 4.31 Å². The quantitative estimate of drug-likeness (QED) is 0.845. The van der Waals surface area contributed by atoms with Gasteiger partial charge in [-0.15, -0.1) is 0 Å². The average Bonchev–Trinajstić information content (AvgIpc) is 2.79. The van der Waals surface area contributed by atoms with E-state index in [1.807, 2.05) is 6.92 Å². The van der Waals surface area contributed by atoms with E-state index in [1.165, 1.54) is 12.8 Å². The molecule has 2 bridgehead atoms. The highest BCUT2D eigenvalue weighted by molar-refractivity contribution is 7.89. The molecule has 3 saturated heterocycles. The van der Waals surface area contributed by atoms with Crippen molar-refractivity contribution in [2.45, 2.75) is 68.8 Å². The van der Waals surface area contributed by atoms with Crippen molar-refractivity contribution in [3.05, 3.63) is 0 Å². The van der Waals surface area contributed by atoms with E-state index >= 15 is 0 Å². The normalized spacial score (nSPS) is 35.6. The third kappa shape index (κ3) is 2.75. The maximum atomic E-state index is 12.9. The monoisotopic (exact) mass is 302 g/mol. The van der Waals surface area contributed by atoms with Crippen LogP contribution in [0.25, 0.3) is 0 Å².